The molecule has 0 spiro atoms. The van der Waals surface area contributed by atoms with Crippen LogP contribution in [0.1, 0.15) is 19.3 Å². The number of hydrogen-bond donors (Lipinski definition) is 1. The molecule has 1 rings (SSSR count). The van der Waals surface area contributed by atoms with Crippen LogP contribution in [0.3, 0.4) is 0 Å². The highest BCUT2D eigenvalue weighted by molar-refractivity contribution is 4.56. The Bertz CT molecular complexity index is 115. The molecule has 4 heteroatoms. The Labute approximate surface area is 71.5 Å². The Morgan fingerprint density at radius 1 is 1.58 bits per heavy atom. The third kappa shape index (κ3) is 3.47. The van der Waals surface area contributed by atoms with Crippen molar-refractivity contribution in [2.24, 2.45) is 0 Å². The van der Waals surface area contributed by atoms with E-state index in [0.29, 0.717) is 6.61 Å². The van der Waals surface area contributed by atoms with E-state index >= 15 is 0 Å². The van der Waals surface area contributed by atoms with Gasteiger partial charge in [0.15, 0.2) is 6.29 Å². The van der Waals surface area contributed by atoms with E-state index < -0.39 is 12.8 Å². The van der Waals surface area contributed by atoms with Crippen LogP contribution in [0.5, 0.6) is 0 Å². The van der Waals surface area contributed by atoms with Gasteiger partial charge in [0, 0.05) is 6.61 Å². The van der Waals surface area contributed by atoms with Crippen molar-refractivity contribution in [1.29, 1.82) is 0 Å². The van der Waals surface area contributed by atoms with E-state index in [0.717, 1.165) is 19.3 Å². The van der Waals surface area contributed by atoms with Crippen molar-refractivity contribution in [3.05, 3.63) is 0 Å². The average Bonchev–Trinajstić information content (AvgIpc) is 2.16. The first-order chi connectivity index (χ1) is 5.83. The van der Waals surface area contributed by atoms with E-state index in [9.17, 15) is 4.39 Å². The number of halogens is 1. The first-order valence-corrected chi connectivity index (χ1v) is 4.30. The van der Waals surface area contributed by atoms with Crippen molar-refractivity contribution in [2.75, 3.05) is 19.9 Å². The zero-order chi connectivity index (χ0) is 8.81. The van der Waals surface area contributed by atoms with Crippen LogP contribution in [-0.4, -0.2) is 37.4 Å². The minimum atomic E-state index is -1.00. The quantitative estimate of drug-likeness (QED) is 0.694. The lowest BCUT2D eigenvalue weighted by Gasteiger charge is -2.23. The Balaban J connectivity index is 2.05. The molecule has 0 bridgehead atoms. The van der Waals surface area contributed by atoms with Gasteiger partial charge in [-0.1, -0.05) is 0 Å². The summed E-state index contributed by atoms with van der Waals surface area (Å²) >= 11 is 0. The van der Waals surface area contributed by atoms with Crippen molar-refractivity contribution >= 4 is 0 Å². The highest BCUT2D eigenvalue weighted by Gasteiger charge is 2.15. The number of hydrogen-bond acceptors (Lipinski definition) is 3. The third-order valence-electron chi connectivity index (χ3n) is 1.79. The van der Waals surface area contributed by atoms with Crippen LogP contribution in [0.2, 0.25) is 0 Å². The number of ether oxygens (including phenoxy) is 2. The van der Waals surface area contributed by atoms with E-state index in [2.05, 4.69) is 0 Å². The maximum absolute atomic E-state index is 11.8. The summed E-state index contributed by atoms with van der Waals surface area (Å²) in [6.07, 6.45) is 1.75. The predicted octanol–water partition coefficient (Wildman–Crippen LogP) is 0.860. The zero-order valence-electron chi connectivity index (χ0n) is 7.04. The first kappa shape index (κ1) is 9.89. The fourth-order valence-corrected chi connectivity index (χ4v) is 1.11. The van der Waals surface area contributed by atoms with Gasteiger partial charge in [-0.05, 0) is 19.3 Å². The maximum Gasteiger partial charge on any atom is 0.157 e. The molecule has 1 fully saturated rings. The molecule has 1 saturated heterocycles. The summed E-state index contributed by atoms with van der Waals surface area (Å²) in [4.78, 5) is 0. The summed E-state index contributed by atoms with van der Waals surface area (Å²) < 4.78 is 22.1. The van der Waals surface area contributed by atoms with E-state index in [4.69, 9.17) is 14.6 Å². The van der Waals surface area contributed by atoms with Crippen LogP contribution < -0.4 is 0 Å². The fraction of sp³-hybridized carbons (Fsp3) is 1.00. The van der Waals surface area contributed by atoms with Crippen molar-refractivity contribution in [1.82, 2.24) is 0 Å². The minimum Gasteiger partial charge on any atom is -0.388 e. The molecular formula is C8H15FO3. The van der Waals surface area contributed by atoms with Gasteiger partial charge in [0.1, 0.15) is 12.8 Å². The van der Waals surface area contributed by atoms with Crippen molar-refractivity contribution in [3.8, 4) is 0 Å². The summed E-state index contributed by atoms with van der Waals surface area (Å²) in [7, 11) is 0. The van der Waals surface area contributed by atoms with E-state index in [1.54, 1.807) is 0 Å². The topological polar surface area (TPSA) is 38.7 Å². The molecular weight excluding hydrogens is 163 g/mol. The minimum absolute atomic E-state index is 0.0289. The molecule has 1 aliphatic heterocycles. The molecule has 3 nitrogen and oxygen atoms in total. The average molecular weight is 178 g/mol. The predicted molar refractivity (Wildman–Crippen MR) is 41.5 cm³/mol. The molecule has 0 aliphatic carbocycles. The highest BCUT2D eigenvalue weighted by atomic mass is 19.1. The largest absolute Gasteiger partial charge is 0.388 e. The van der Waals surface area contributed by atoms with Gasteiger partial charge in [0.05, 0.1) is 6.61 Å². The molecule has 0 aromatic carbocycles. The van der Waals surface area contributed by atoms with E-state index in [1.807, 2.05) is 0 Å². The standard InChI is InChI=1S/C8H15FO3/c9-5-7(10)6-12-8-3-1-2-4-11-8/h7-8,10H,1-6H2/t7-,8?/m1/s1. The second kappa shape index (κ2) is 5.45. The second-order valence-corrected chi connectivity index (χ2v) is 2.94. The number of aliphatic hydroxyl groups is 1. The number of alkyl halides is 1. The van der Waals surface area contributed by atoms with Gasteiger partial charge >= 0.3 is 0 Å². The van der Waals surface area contributed by atoms with Gasteiger partial charge in [-0.3, -0.25) is 0 Å². The lowest BCUT2D eigenvalue weighted by Crippen LogP contribution is -2.27. The summed E-state index contributed by atoms with van der Waals surface area (Å²) in [5.74, 6) is 0. The Hall–Kier alpha value is -0.190. The molecule has 0 saturated carbocycles. The molecule has 1 unspecified atom stereocenters. The van der Waals surface area contributed by atoms with Crippen LogP contribution in [-0.2, 0) is 9.47 Å². The lowest BCUT2D eigenvalue weighted by molar-refractivity contribution is -0.176. The number of aliphatic hydroxyl groups excluding tert-OH is 1. The van der Waals surface area contributed by atoms with Gasteiger partial charge in [-0.2, -0.15) is 0 Å². The summed E-state index contributed by atoms with van der Waals surface area (Å²) in [6, 6.07) is 0. The van der Waals surface area contributed by atoms with Crippen LogP contribution >= 0.6 is 0 Å². The molecule has 1 heterocycles. The van der Waals surface area contributed by atoms with Gasteiger partial charge in [-0.25, -0.2) is 4.39 Å². The second-order valence-electron chi connectivity index (χ2n) is 2.94. The normalized spacial score (nSPS) is 27.0. The van der Waals surface area contributed by atoms with Gasteiger partial charge in [-0.15, -0.1) is 0 Å². The van der Waals surface area contributed by atoms with Crippen molar-refractivity contribution in [2.45, 2.75) is 31.7 Å². The maximum atomic E-state index is 11.8. The molecule has 12 heavy (non-hydrogen) atoms. The lowest BCUT2D eigenvalue weighted by atomic mass is 10.2. The molecule has 1 N–H and O–H groups in total. The van der Waals surface area contributed by atoms with Crippen molar-refractivity contribution < 1.29 is 19.0 Å². The molecule has 72 valence electrons. The van der Waals surface area contributed by atoms with Gasteiger partial charge in [0.2, 0.25) is 0 Å². The van der Waals surface area contributed by atoms with Crippen LogP contribution in [0, 0.1) is 0 Å². The molecule has 0 aromatic heterocycles. The molecule has 0 amide bonds. The zero-order valence-corrected chi connectivity index (χ0v) is 7.04. The van der Waals surface area contributed by atoms with E-state index in [1.165, 1.54) is 0 Å². The highest BCUT2D eigenvalue weighted by Crippen LogP contribution is 2.13. The Kier molecular flexibility index (Phi) is 4.50. The smallest absolute Gasteiger partial charge is 0.157 e. The SMILES string of the molecule is O[C@H](CF)COC1CCCCO1. The fourth-order valence-electron chi connectivity index (χ4n) is 1.11. The third-order valence-corrected chi connectivity index (χ3v) is 1.79. The Morgan fingerprint density at radius 3 is 3.00 bits per heavy atom. The first-order valence-electron chi connectivity index (χ1n) is 4.30. The monoisotopic (exact) mass is 178 g/mol. The summed E-state index contributed by atoms with van der Waals surface area (Å²) in [5, 5.41) is 8.83. The van der Waals surface area contributed by atoms with Crippen LogP contribution in [0.15, 0.2) is 0 Å². The summed E-state index contributed by atoms with van der Waals surface area (Å²) in [6.45, 7) is -0.0235. The van der Waals surface area contributed by atoms with Gasteiger partial charge < -0.3 is 14.6 Å². The molecule has 0 radical (unpaired) electrons. The van der Waals surface area contributed by atoms with Crippen LogP contribution in [0.4, 0.5) is 4.39 Å². The van der Waals surface area contributed by atoms with Crippen molar-refractivity contribution in [3.63, 3.8) is 0 Å². The summed E-state index contributed by atoms with van der Waals surface area (Å²) in [5.41, 5.74) is 0. The molecule has 0 aromatic rings. The molecule has 2 atom stereocenters. The van der Waals surface area contributed by atoms with Gasteiger partial charge in [0.25, 0.3) is 0 Å². The Morgan fingerprint density at radius 2 is 2.42 bits per heavy atom. The van der Waals surface area contributed by atoms with Crippen LogP contribution in [0.25, 0.3) is 0 Å². The molecule has 1 aliphatic rings. The number of rotatable bonds is 4. The van der Waals surface area contributed by atoms with E-state index in [-0.39, 0.29) is 12.9 Å².